The second-order valence-corrected chi connectivity index (χ2v) is 4.57. The van der Waals surface area contributed by atoms with Crippen LogP contribution >= 0.6 is 11.6 Å². The molecule has 0 aliphatic heterocycles. The van der Waals surface area contributed by atoms with E-state index in [-0.39, 0.29) is 0 Å². The molecule has 0 saturated heterocycles. The summed E-state index contributed by atoms with van der Waals surface area (Å²) in [5.74, 6) is 1.21. The molecule has 1 heterocycles. The predicted molar refractivity (Wildman–Crippen MR) is 54.0 cm³/mol. The average Bonchev–Trinajstić information content (AvgIpc) is 2.62. The van der Waals surface area contributed by atoms with Crippen molar-refractivity contribution in [2.24, 2.45) is 13.0 Å². The van der Waals surface area contributed by atoms with Crippen LogP contribution in [0.3, 0.4) is 0 Å². The fourth-order valence-electron chi connectivity index (χ4n) is 2.22. The number of nitrogens with zero attached hydrogens (tertiary/aromatic N) is 2. The highest BCUT2D eigenvalue weighted by Gasteiger charge is 2.32. The molecule has 1 fully saturated rings. The highest BCUT2D eigenvalue weighted by molar-refractivity contribution is 6.21. The molecule has 3 unspecified atom stereocenters. The van der Waals surface area contributed by atoms with Crippen LogP contribution in [0.2, 0.25) is 0 Å². The summed E-state index contributed by atoms with van der Waals surface area (Å²) in [5, 5.41) is 4.55. The van der Waals surface area contributed by atoms with Gasteiger partial charge in [-0.1, -0.05) is 6.92 Å². The fourth-order valence-corrected chi connectivity index (χ4v) is 2.52. The number of rotatable bonds is 1. The normalized spacial score (nSPS) is 33.9. The summed E-state index contributed by atoms with van der Waals surface area (Å²) in [6.07, 6.45) is 6.43. The SMILES string of the molecule is CC1C(Cl)CCC1c1cnn(C)c1. The van der Waals surface area contributed by atoms with Crippen LogP contribution in [0.25, 0.3) is 0 Å². The quantitative estimate of drug-likeness (QED) is 0.635. The van der Waals surface area contributed by atoms with Gasteiger partial charge in [0.2, 0.25) is 0 Å². The minimum atomic E-state index is 0.352. The van der Waals surface area contributed by atoms with Gasteiger partial charge in [0, 0.05) is 18.6 Å². The molecular weight excluding hydrogens is 184 g/mol. The highest BCUT2D eigenvalue weighted by atomic mass is 35.5. The van der Waals surface area contributed by atoms with E-state index in [1.807, 2.05) is 17.9 Å². The summed E-state index contributed by atoms with van der Waals surface area (Å²) in [5.41, 5.74) is 1.35. The maximum Gasteiger partial charge on any atom is 0.0524 e. The van der Waals surface area contributed by atoms with Crippen molar-refractivity contribution in [1.82, 2.24) is 9.78 Å². The third-order valence-corrected chi connectivity index (χ3v) is 3.73. The lowest BCUT2D eigenvalue weighted by Gasteiger charge is -2.14. The Morgan fingerprint density at radius 3 is 2.77 bits per heavy atom. The summed E-state index contributed by atoms with van der Waals surface area (Å²) < 4.78 is 1.86. The lowest BCUT2D eigenvalue weighted by Crippen LogP contribution is -2.08. The van der Waals surface area contributed by atoms with Gasteiger partial charge in [0.1, 0.15) is 0 Å². The van der Waals surface area contributed by atoms with Gasteiger partial charge < -0.3 is 0 Å². The van der Waals surface area contributed by atoms with Crippen molar-refractivity contribution in [2.75, 3.05) is 0 Å². The van der Waals surface area contributed by atoms with Crippen molar-refractivity contribution in [2.45, 2.75) is 31.1 Å². The van der Waals surface area contributed by atoms with E-state index >= 15 is 0 Å². The van der Waals surface area contributed by atoms with Crippen LogP contribution in [-0.2, 0) is 7.05 Å². The first-order valence-electron chi connectivity index (χ1n) is 4.81. The van der Waals surface area contributed by atoms with Gasteiger partial charge in [0.15, 0.2) is 0 Å². The first-order chi connectivity index (χ1) is 6.18. The molecule has 1 aromatic rings. The van der Waals surface area contributed by atoms with Crippen LogP contribution in [0.1, 0.15) is 31.2 Å². The Labute approximate surface area is 83.9 Å². The van der Waals surface area contributed by atoms with Gasteiger partial charge >= 0.3 is 0 Å². The second kappa shape index (κ2) is 3.33. The molecule has 3 atom stereocenters. The molecule has 0 radical (unpaired) electrons. The Kier molecular flexibility index (Phi) is 2.33. The third-order valence-electron chi connectivity index (χ3n) is 3.11. The minimum absolute atomic E-state index is 0.352. The lowest BCUT2D eigenvalue weighted by atomic mass is 9.92. The number of aryl methyl sites for hydroxylation is 1. The first-order valence-corrected chi connectivity index (χ1v) is 5.24. The third kappa shape index (κ3) is 1.60. The van der Waals surface area contributed by atoms with Crippen LogP contribution in [0.15, 0.2) is 12.4 Å². The first kappa shape index (κ1) is 9.07. The molecule has 1 aliphatic carbocycles. The number of hydrogen-bond acceptors (Lipinski definition) is 1. The molecule has 2 nitrogen and oxygen atoms in total. The van der Waals surface area contributed by atoms with Gasteiger partial charge in [-0.2, -0.15) is 5.10 Å². The maximum atomic E-state index is 6.19. The largest absolute Gasteiger partial charge is 0.276 e. The predicted octanol–water partition coefficient (Wildman–Crippen LogP) is 2.54. The van der Waals surface area contributed by atoms with Crippen LogP contribution in [-0.4, -0.2) is 15.2 Å². The molecule has 3 heteroatoms. The van der Waals surface area contributed by atoms with Crippen LogP contribution < -0.4 is 0 Å². The van der Waals surface area contributed by atoms with E-state index in [1.165, 1.54) is 12.0 Å². The smallest absolute Gasteiger partial charge is 0.0524 e. The molecule has 0 N–H and O–H groups in total. The number of hydrogen-bond donors (Lipinski definition) is 0. The maximum absolute atomic E-state index is 6.19. The molecule has 0 amide bonds. The Morgan fingerprint density at radius 2 is 2.31 bits per heavy atom. The van der Waals surface area contributed by atoms with Crippen LogP contribution in [0, 0.1) is 5.92 Å². The van der Waals surface area contributed by atoms with Gasteiger partial charge in [0.05, 0.1) is 6.20 Å². The summed E-state index contributed by atoms with van der Waals surface area (Å²) in [6, 6.07) is 0. The van der Waals surface area contributed by atoms with Crippen molar-refractivity contribution in [3.8, 4) is 0 Å². The van der Waals surface area contributed by atoms with Crippen molar-refractivity contribution < 1.29 is 0 Å². The molecule has 1 aromatic heterocycles. The fraction of sp³-hybridized carbons (Fsp3) is 0.700. The number of alkyl halides is 1. The van der Waals surface area contributed by atoms with E-state index < -0.39 is 0 Å². The average molecular weight is 199 g/mol. The van der Waals surface area contributed by atoms with E-state index in [2.05, 4.69) is 18.2 Å². The second-order valence-electron chi connectivity index (χ2n) is 4.01. The van der Waals surface area contributed by atoms with E-state index in [0.29, 0.717) is 17.2 Å². The highest BCUT2D eigenvalue weighted by Crippen LogP contribution is 2.41. The monoisotopic (exact) mass is 198 g/mol. The molecule has 1 aliphatic rings. The van der Waals surface area contributed by atoms with E-state index in [4.69, 9.17) is 11.6 Å². The minimum Gasteiger partial charge on any atom is -0.276 e. The molecule has 13 heavy (non-hydrogen) atoms. The molecule has 72 valence electrons. The number of aromatic nitrogens is 2. The summed E-state index contributed by atoms with van der Waals surface area (Å²) >= 11 is 6.19. The van der Waals surface area contributed by atoms with E-state index in [1.54, 1.807) is 0 Å². The van der Waals surface area contributed by atoms with Crippen molar-refractivity contribution in [3.05, 3.63) is 18.0 Å². The number of halogens is 1. The van der Waals surface area contributed by atoms with Crippen LogP contribution in [0.5, 0.6) is 0 Å². The van der Waals surface area contributed by atoms with Gasteiger partial charge in [-0.05, 0) is 30.2 Å². The Bertz CT molecular complexity index is 295. The van der Waals surface area contributed by atoms with Crippen LogP contribution in [0.4, 0.5) is 0 Å². The zero-order valence-corrected chi connectivity index (χ0v) is 8.83. The topological polar surface area (TPSA) is 17.8 Å². The van der Waals surface area contributed by atoms with Gasteiger partial charge in [-0.3, -0.25) is 4.68 Å². The molecule has 0 bridgehead atoms. The van der Waals surface area contributed by atoms with Gasteiger partial charge in [-0.15, -0.1) is 11.6 Å². The molecule has 0 aromatic carbocycles. The van der Waals surface area contributed by atoms with E-state index in [0.717, 1.165) is 6.42 Å². The van der Waals surface area contributed by atoms with Crippen molar-refractivity contribution in [3.63, 3.8) is 0 Å². The van der Waals surface area contributed by atoms with Gasteiger partial charge in [-0.25, -0.2) is 0 Å². The standard InChI is InChI=1S/C10H15ClN2/c1-7-9(3-4-10(7)11)8-5-12-13(2)6-8/h5-7,9-10H,3-4H2,1-2H3. The van der Waals surface area contributed by atoms with Crippen molar-refractivity contribution in [1.29, 1.82) is 0 Å². The zero-order chi connectivity index (χ0) is 9.42. The van der Waals surface area contributed by atoms with E-state index in [9.17, 15) is 0 Å². The Balaban J connectivity index is 2.18. The lowest BCUT2D eigenvalue weighted by molar-refractivity contribution is 0.537. The summed E-state index contributed by atoms with van der Waals surface area (Å²) in [4.78, 5) is 0. The zero-order valence-electron chi connectivity index (χ0n) is 8.07. The Hall–Kier alpha value is -0.500. The van der Waals surface area contributed by atoms with Gasteiger partial charge in [0.25, 0.3) is 0 Å². The molecular formula is C10H15ClN2. The Morgan fingerprint density at radius 1 is 1.54 bits per heavy atom. The molecule has 0 spiro atoms. The summed E-state index contributed by atoms with van der Waals surface area (Å²) in [6.45, 7) is 2.24. The molecule has 2 rings (SSSR count). The van der Waals surface area contributed by atoms with Crippen molar-refractivity contribution >= 4 is 11.6 Å². The molecule has 1 saturated carbocycles. The summed E-state index contributed by atoms with van der Waals surface area (Å²) in [7, 11) is 1.96.